The summed E-state index contributed by atoms with van der Waals surface area (Å²) in [6.07, 6.45) is 3.56. The lowest BCUT2D eigenvalue weighted by Crippen LogP contribution is -2.47. The molecule has 1 aliphatic carbocycles. The number of fused-ring (bicyclic) bond motifs is 2. The van der Waals surface area contributed by atoms with Crippen LogP contribution in [-0.4, -0.2) is 33.0 Å². The summed E-state index contributed by atoms with van der Waals surface area (Å²) in [5.74, 6) is 0. The van der Waals surface area contributed by atoms with E-state index in [1.54, 1.807) is 0 Å². The molecule has 2 aromatic rings. The van der Waals surface area contributed by atoms with E-state index in [0.717, 1.165) is 28.6 Å². The molecule has 0 saturated carbocycles. The zero-order chi connectivity index (χ0) is 15.1. The Morgan fingerprint density at radius 1 is 1.05 bits per heavy atom. The van der Waals surface area contributed by atoms with Crippen LogP contribution in [0.2, 0.25) is 0 Å². The van der Waals surface area contributed by atoms with Gasteiger partial charge in [-0.2, -0.15) is 0 Å². The van der Waals surface area contributed by atoms with Crippen LogP contribution in [0.4, 0.5) is 0 Å². The summed E-state index contributed by atoms with van der Waals surface area (Å²) >= 11 is 5.20. The molecule has 0 amide bonds. The third-order valence-electron chi connectivity index (χ3n) is 4.65. The smallest absolute Gasteiger partial charge is 0.175 e. The summed E-state index contributed by atoms with van der Waals surface area (Å²) in [5.41, 5.74) is 5.24. The Hall–Kier alpha value is -1.13. The first-order chi connectivity index (χ1) is 9.95. The molecule has 3 rings (SSSR count). The van der Waals surface area contributed by atoms with E-state index in [4.69, 9.17) is 12.2 Å². The van der Waals surface area contributed by atoms with Crippen LogP contribution in [0, 0.1) is 4.77 Å². The summed E-state index contributed by atoms with van der Waals surface area (Å²) in [6.45, 7) is 9.23. The first-order valence-corrected chi connectivity index (χ1v) is 8.37. The van der Waals surface area contributed by atoms with Crippen LogP contribution in [0.5, 0.6) is 0 Å². The Morgan fingerprint density at radius 2 is 1.62 bits per heavy atom. The Kier molecular flexibility index (Phi) is 3.93. The van der Waals surface area contributed by atoms with Crippen molar-refractivity contribution >= 4 is 23.3 Å². The van der Waals surface area contributed by atoms with Gasteiger partial charge in [0, 0.05) is 18.1 Å². The third-order valence-corrected chi connectivity index (χ3v) is 4.86. The molecule has 114 valence electrons. The first-order valence-electron chi connectivity index (χ1n) is 7.97. The van der Waals surface area contributed by atoms with Gasteiger partial charge in [-0.15, -0.1) is 0 Å². The van der Waals surface area contributed by atoms with E-state index in [1.807, 2.05) is 0 Å². The number of aromatic amines is 2. The van der Waals surface area contributed by atoms with Crippen molar-refractivity contribution in [3.8, 4) is 0 Å². The van der Waals surface area contributed by atoms with Crippen LogP contribution in [0.15, 0.2) is 12.1 Å². The van der Waals surface area contributed by atoms with Crippen LogP contribution in [0.25, 0.3) is 11.0 Å². The molecular formula is C17H25N3S. The lowest BCUT2D eigenvalue weighted by molar-refractivity contribution is 0.102. The largest absolute Gasteiger partial charge is 0.331 e. The maximum Gasteiger partial charge on any atom is 0.175 e. The van der Waals surface area contributed by atoms with Crippen molar-refractivity contribution in [2.24, 2.45) is 0 Å². The van der Waals surface area contributed by atoms with Crippen molar-refractivity contribution in [1.29, 1.82) is 0 Å². The van der Waals surface area contributed by atoms with E-state index < -0.39 is 0 Å². The topological polar surface area (TPSA) is 34.8 Å². The molecule has 0 bridgehead atoms. The monoisotopic (exact) mass is 303 g/mol. The van der Waals surface area contributed by atoms with Crippen LogP contribution in [0.3, 0.4) is 0 Å². The minimum Gasteiger partial charge on any atom is -0.331 e. The quantitative estimate of drug-likeness (QED) is 0.833. The van der Waals surface area contributed by atoms with Gasteiger partial charge in [0.15, 0.2) is 4.77 Å². The second-order valence-corrected chi connectivity index (χ2v) is 7.19. The average molecular weight is 303 g/mol. The molecule has 0 radical (unpaired) electrons. The van der Waals surface area contributed by atoms with Crippen LogP contribution >= 0.6 is 12.2 Å². The van der Waals surface area contributed by atoms with Crippen LogP contribution in [0.1, 0.15) is 45.2 Å². The Labute approximate surface area is 131 Å². The molecule has 0 spiro atoms. The lowest BCUT2D eigenvalue weighted by Gasteiger charge is -2.40. The molecule has 0 saturated heterocycles. The fourth-order valence-corrected chi connectivity index (χ4v) is 4.19. The average Bonchev–Trinajstić information content (AvgIpc) is 2.74. The molecule has 1 unspecified atom stereocenters. The Morgan fingerprint density at radius 3 is 2.19 bits per heavy atom. The van der Waals surface area contributed by atoms with Crippen molar-refractivity contribution in [1.82, 2.24) is 14.9 Å². The van der Waals surface area contributed by atoms with Gasteiger partial charge in [0.2, 0.25) is 0 Å². The lowest BCUT2D eigenvalue weighted by atomic mass is 9.86. The second-order valence-electron chi connectivity index (χ2n) is 6.78. The highest BCUT2D eigenvalue weighted by molar-refractivity contribution is 7.71. The molecule has 1 heterocycles. The molecular weight excluding hydrogens is 278 g/mol. The Bertz CT molecular complexity index is 688. The number of rotatable bonds is 3. The number of H-pyrrole nitrogens is 2. The predicted octanol–water partition coefficient (Wildman–Crippen LogP) is 4.20. The number of nitrogens with zero attached hydrogens (tertiary/aromatic N) is 1. The highest BCUT2D eigenvalue weighted by Gasteiger charge is 2.28. The molecule has 1 atom stereocenters. The molecule has 21 heavy (non-hydrogen) atoms. The molecule has 3 nitrogen and oxygen atoms in total. The van der Waals surface area contributed by atoms with Crippen LogP contribution in [-0.2, 0) is 12.8 Å². The third kappa shape index (κ3) is 2.79. The van der Waals surface area contributed by atoms with Gasteiger partial charge in [0.05, 0.1) is 11.0 Å². The molecule has 1 aliphatic rings. The van der Waals surface area contributed by atoms with E-state index in [0.29, 0.717) is 18.1 Å². The highest BCUT2D eigenvalue weighted by Crippen LogP contribution is 2.29. The van der Waals surface area contributed by atoms with E-state index in [-0.39, 0.29) is 0 Å². The van der Waals surface area contributed by atoms with Gasteiger partial charge in [0.1, 0.15) is 0 Å². The van der Waals surface area contributed by atoms with E-state index in [1.165, 1.54) is 17.5 Å². The van der Waals surface area contributed by atoms with Gasteiger partial charge < -0.3 is 9.97 Å². The second kappa shape index (κ2) is 5.58. The Balaban J connectivity index is 1.94. The SMILES string of the molecule is CC(C)N(C(C)C)C1CCc2cc3[nH]c(=S)[nH]c3cc2C1. The molecule has 2 N–H and O–H groups in total. The summed E-state index contributed by atoms with van der Waals surface area (Å²) in [5, 5.41) is 0. The summed E-state index contributed by atoms with van der Waals surface area (Å²) < 4.78 is 0.717. The van der Waals surface area contributed by atoms with Crippen LogP contribution < -0.4 is 0 Å². The summed E-state index contributed by atoms with van der Waals surface area (Å²) in [6, 6.07) is 6.41. The maximum absolute atomic E-state index is 5.20. The number of aromatic nitrogens is 2. The van der Waals surface area contributed by atoms with Gasteiger partial charge in [0.25, 0.3) is 0 Å². The standard InChI is InChI=1S/C17H25N3S/c1-10(2)20(11(3)4)14-6-5-12-8-15-16(9-13(12)7-14)19-17(21)18-15/h8-11,14H,5-7H2,1-4H3,(H2,18,19,21). The van der Waals surface area contributed by atoms with Gasteiger partial charge in [-0.05, 0) is 82.4 Å². The van der Waals surface area contributed by atoms with Gasteiger partial charge in [-0.1, -0.05) is 0 Å². The van der Waals surface area contributed by atoms with Crippen molar-refractivity contribution in [3.05, 3.63) is 28.0 Å². The van der Waals surface area contributed by atoms with Gasteiger partial charge in [-0.3, -0.25) is 4.90 Å². The molecule has 1 aromatic carbocycles. The zero-order valence-electron chi connectivity index (χ0n) is 13.4. The molecule has 0 aliphatic heterocycles. The number of imidazole rings is 1. The number of benzene rings is 1. The number of nitrogens with one attached hydrogen (secondary N) is 2. The van der Waals surface area contributed by atoms with E-state index in [2.05, 4.69) is 54.7 Å². The molecule has 1 aromatic heterocycles. The predicted molar refractivity (Wildman–Crippen MR) is 91.4 cm³/mol. The fourth-order valence-electron chi connectivity index (χ4n) is 3.97. The fraction of sp³-hybridized carbons (Fsp3) is 0.588. The first kappa shape index (κ1) is 14.8. The van der Waals surface area contributed by atoms with Crippen molar-refractivity contribution in [2.75, 3.05) is 0 Å². The van der Waals surface area contributed by atoms with Crippen molar-refractivity contribution in [2.45, 2.75) is 65.1 Å². The van der Waals surface area contributed by atoms with E-state index >= 15 is 0 Å². The summed E-state index contributed by atoms with van der Waals surface area (Å²) in [4.78, 5) is 9.13. The number of hydrogen-bond acceptors (Lipinski definition) is 2. The summed E-state index contributed by atoms with van der Waals surface area (Å²) in [7, 11) is 0. The van der Waals surface area contributed by atoms with Gasteiger partial charge >= 0.3 is 0 Å². The minimum absolute atomic E-state index is 0.596. The van der Waals surface area contributed by atoms with Crippen molar-refractivity contribution in [3.63, 3.8) is 0 Å². The zero-order valence-corrected chi connectivity index (χ0v) is 14.2. The number of hydrogen-bond donors (Lipinski definition) is 2. The highest BCUT2D eigenvalue weighted by atomic mass is 32.1. The molecule has 0 fully saturated rings. The van der Waals surface area contributed by atoms with Crippen molar-refractivity contribution < 1.29 is 0 Å². The molecule has 4 heteroatoms. The van der Waals surface area contributed by atoms with Gasteiger partial charge in [-0.25, -0.2) is 0 Å². The van der Waals surface area contributed by atoms with E-state index in [9.17, 15) is 0 Å². The maximum atomic E-state index is 5.20. The normalized spacial score (nSPS) is 18.9. The minimum atomic E-state index is 0.596. The number of aryl methyl sites for hydroxylation is 1.